The summed E-state index contributed by atoms with van der Waals surface area (Å²) in [5.74, 6) is 0.500. The molecule has 3 rings (SSSR count). The van der Waals surface area contributed by atoms with Gasteiger partial charge in [-0.15, -0.1) is 20.4 Å². The van der Waals surface area contributed by atoms with Crippen molar-refractivity contribution in [2.45, 2.75) is 13.1 Å². The first-order chi connectivity index (χ1) is 9.15. The second-order valence-electron chi connectivity index (χ2n) is 4.04. The van der Waals surface area contributed by atoms with Crippen LogP contribution in [0, 0.1) is 0 Å². The highest BCUT2D eigenvalue weighted by Crippen LogP contribution is 2.19. The Hall–Kier alpha value is -1.73. The highest BCUT2D eigenvalue weighted by molar-refractivity contribution is 6.34. The Balaban J connectivity index is 1.87. The molecule has 0 bridgehead atoms. The molecule has 9 heteroatoms. The summed E-state index contributed by atoms with van der Waals surface area (Å²) in [6, 6.07) is 1.42. The standard InChI is InChI=1S/C10H8Cl2N6O/c11-7-3-6(9(12)16-14-7)10(19)17-1-2-18-5-13-15-8(18)4-17/h3,5H,1-2,4H2. The zero-order valence-electron chi connectivity index (χ0n) is 9.62. The Morgan fingerprint density at radius 3 is 2.89 bits per heavy atom. The van der Waals surface area contributed by atoms with E-state index < -0.39 is 0 Å². The molecule has 19 heavy (non-hydrogen) atoms. The molecule has 1 amide bonds. The molecule has 0 unspecified atom stereocenters. The molecule has 0 aromatic carbocycles. The van der Waals surface area contributed by atoms with Gasteiger partial charge in [0.25, 0.3) is 5.91 Å². The van der Waals surface area contributed by atoms with Crippen molar-refractivity contribution in [3.05, 3.63) is 34.1 Å². The molecule has 0 aliphatic carbocycles. The lowest BCUT2D eigenvalue weighted by atomic mass is 10.2. The zero-order valence-corrected chi connectivity index (χ0v) is 11.1. The number of carbonyl (C=O) groups excluding carboxylic acids is 1. The molecule has 0 fully saturated rings. The minimum Gasteiger partial charge on any atom is -0.329 e. The number of amides is 1. The molecule has 2 aromatic heterocycles. The number of nitrogens with zero attached hydrogens (tertiary/aromatic N) is 6. The Morgan fingerprint density at radius 1 is 1.21 bits per heavy atom. The van der Waals surface area contributed by atoms with E-state index in [0.717, 1.165) is 5.82 Å². The summed E-state index contributed by atoms with van der Waals surface area (Å²) in [4.78, 5) is 14.0. The van der Waals surface area contributed by atoms with E-state index in [0.29, 0.717) is 19.6 Å². The fourth-order valence-electron chi connectivity index (χ4n) is 1.91. The van der Waals surface area contributed by atoms with Gasteiger partial charge in [-0.25, -0.2) is 0 Å². The number of rotatable bonds is 1. The van der Waals surface area contributed by atoms with E-state index in [1.165, 1.54) is 6.07 Å². The van der Waals surface area contributed by atoms with Crippen molar-refractivity contribution in [3.8, 4) is 0 Å². The van der Waals surface area contributed by atoms with Gasteiger partial charge in [0.1, 0.15) is 6.33 Å². The van der Waals surface area contributed by atoms with Crippen molar-refractivity contribution >= 4 is 29.1 Å². The maximum absolute atomic E-state index is 12.4. The quantitative estimate of drug-likeness (QED) is 0.786. The van der Waals surface area contributed by atoms with Crippen LogP contribution in [0.4, 0.5) is 0 Å². The number of carbonyl (C=O) groups is 1. The van der Waals surface area contributed by atoms with Gasteiger partial charge in [-0.1, -0.05) is 23.2 Å². The number of halogens is 2. The van der Waals surface area contributed by atoms with E-state index in [4.69, 9.17) is 23.2 Å². The molecule has 1 aliphatic heterocycles. The van der Waals surface area contributed by atoms with Gasteiger partial charge in [0, 0.05) is 13.1 Å². The molecular formula is C10H8Cl2N6O. The third-order valence-electron chi connectivity index (χ3n) is 2.88. The second-order valence-corrected chi connectivity index (χ2v) is 4.78. The number of fused-ring (bicyclic) bond motifs is 1. The summed E-state index contributed by atoms with van der Waals surface area (Å²) >= 11 is 11.6. The van der Waals surface area contributed by atoms with Crippen LogP contribution in [-0.4, -0.2) is 42.3 Å². The van der Waals surface area contributed by atoms with E-state index >= 15 is 0 Å². The lowest BCUT2D eigenvalue weighted by Crippen LogP contribution is -2.38. The summed E-state index contributed by atoms with van der Waals surface area (Å²) in [7, 11) is 0. The van der Waals surface area contributed by atoms with Gasteiger partial charge in [0.15, 0.2) is 16.1 Å². The van der Waals surface area contributed by atoms with Crippen LogP contribution in [0.2, 0.25) is 10.3 Å². The Bertz CT molecular complexity index is 643. The lowest BCUT2D eigenvalue weighted by molar-refractivity contribution is 0.0707. The molecule has 3 heterocycles. The van der Waals surface area contributed by atoms with E-state index in [1.807, 2.05) is 4.57 Å². The minimum atomic E-state index is -0.240. The van der Waals surface area contributed by atoms with Crippen LogP contribution in [0.3, 0.4) is 0 Å². The van der Waals surface area contributed by atoms with E-state index in [2.05, 4.69) is 20.4 Å². The fraction of sp³-hybridized carbons (Fsp3) is 0.300. The van der Waals surface area contributed by atoms with Gasteiger partial charge in [-0.2, -0.15) is 0 Å². The molecule has 0 saturated carbocycles. The van der Waals surface area contributed by atoms with Crippen molar-refractivity contribution in [3.63, 3.8) is 0 Å². The Kier molecular flexibility index (Phi) is 3.08. The number of hydrogen-bond donors (Lipinski definition) is 0. The predicted octanol–water partition coefficient (Wildman–Crippen LogP) is 1.03. The third-order valence-corrected chi connectivity index (χ3v) is 3.34. The summed E-state index contributed by atoms with van der Waals surface area (Å²) in [5.41, 5.74) is 0.245. The molecule has 98 valence electrons. The van der Waals surface area contributed by atoms with Crippen LogP contribution in [-0.2, 0) is 13.1 Å². The molecule has 0 spiro atoms. The Morgan fingerprint density at radius 2 is 2.05 bits per heavy atom. The minimum absolute atomic E-state index is 0.0430. The lowest BCUT2D eigenvalue weighted by Gasteiger charge is -2.27. The van der Waals surface area contributed by atoms with Crippen molar-refractivity contribution in [2.24, 2.45) is 0 Å². The maximum atomic E-state index is 12.4. The van der Waals surface area contributed by atoms with Gasteiger partial charge in [-0.05, 0) is 6.07 Å². The fourth-order valence-corrected chi connectivity index (χ4v) is 2.23. The molecular weight excluding hydrogens is 291 g/mol. The summed E-state index contributed by atoms with van der Waals surface area (Å²) in [6.07, 6.45) is 1.65. The molecule has 0 N–H and O–H groups in total. The number of aromatic nitrogens is 5. The summed E-state index contributed by atoms with van der Waals surface area (Å²) in [5, 5.41) is 15.2. The monoisotopic (exact) mass is 298 g/mol. The first kappa shape index (κ1) is 12.3. The average molecular weight is 299 g/mol. The Labute approximate surface area is 118 Å². The average Bonchev–Trinajstić information content (AvgIpc) is 2.88. The van der Waals surface area contributed by atoms with Crippen molar-refractivity contribution in [1.29, 1.82) is 0 Å². The largest absolute Gasteiger partial charge is 0.329 e. The molecule has 0 saturated heterocycles. The van der Waals surface area contributed by atoms with Crippen molar-refractivity contribution < 1.29 is 4.79 Å². The van der Waals surface area contributed by atoms with Crippen LogP contribution >= 0.6 is 23.2 Å². The predicted molar refractivity (Wildman–Crippen MR) is 66.8 cm³/mol. The SMILES string of the molecule is O=C(c1cc(Cl)nnc1Cl)N1CCn2cnnc2C1. The first-order valence-electron chi connectivity index (χ1n) is 5.50. The van der Waals surface area contributed by atoms with Crippen molar-refractivity contribution in [1.82, 2.24) is 29.9 Å². The van der Waals surface area contributed by atoms with Crippen LogP contribution in [0.1, 0.15) is 16.2 Å². The highest BCUT2D eigenvalue weighted by Gasteiger charge is 2.25. The van der Waals surface area contributed by atoms with E-state index in [-0.39, 0.29) is 21.8 Å². The first-order valence-corrected chi connectivity index (χ1v) is 6.25. The van der Waals surface area contributed by atoms with Crippen molar-refractivity contribution in [2.75, 3.05) is 6.54 Å². The summed E-state index contributed by atoms with van der Waals surface area (Å²) < 4.78 is 1.91. The van der Waals surface area contributed by atoms with Crippen LogP contribution in [0.15, 0.2) is 12.4 Å². The topological polar surface area (TPSA) is 76.8 Å². The van der Waals surface area contributed by atoms with E-state index in [1.54, 1.807) is 11.2 Å². The number of hydrogen-bond acceptors (Lipinski definition) is 5. The molecule has 0 radical (unpaired) electrons. The summed E-state index contributed by atoms with van der Waals surface area (Å²) in [6.45, 7) is 1.59. The maximum Gasteiger partial charge on any atom is 0.257 e. The molecule has 2 aromatic rings. The van der Waals surface area contributed by atoms with E-state index in [9.17, 15) is 4.79 Å². The smallest absolute Gasteiger partial charge is 0.257 e. The molecule has 7 nitrogen and oxygen atoms in total. The van der Waals surface area contributed by atoms with Gasteiger partial charge in [-0.3, -0.25) is 4.79 Å². The molecule has 0 atom stereocenters. The molecule has 1 aliphatic rings. The van der Waals surface area contributed by atoms with Gasteiger partial charge in [0.05, 0.1) is 12.1 Å². The normalized spacial score (nSPS) is 14.3. The van der Waals surface area contributed by atoms with Gasteiger partial charge in [0.2, 0.25) is 0 Å². The zero-order chi connectivity index (χ0) is 13.4. The van der Waals surface area contributed by atoms with Crippen LogP contribution in [0.5, 0.6) is 0 Å². The van der Waals surface area contributed by atoms with Crippen LogP contribution in [0.25, 0.3) is 0 Å². The van der Waals surface area contributed by atoms with Crippen LogP contribution < -0.4 is 0 Å². The second kappa shape index (κ2) is 4.75. The highest BCUT2D eigenvalue weighted by atomic mass is 35.5. The van der Waals surface area contributed by atoms with Gasteiger partial charge >= 0.3 is 0 Å². The third kappa shape index (κ3) is 2.26. The van der Waals surface area contributed by atoms with Gasteiger partial charge < -0.3 is 9.47 Å².